The van der Waals surface area contributed by atoms with Gasteiger partial charge in [-0.2, -0.15) is 0 Å². The highest BCUT2D eigenvalue weighted by Gasteiger charge is 2.14. The van der Waals surface area contributed by atoms with Gasteiger partial charge >= 0.3 is 0 Å². The van der Waals surface area contributed by atoms with Gasteiger partial charge in [-0.15, -0.1) is 0 Å². The van der Waals surface area contributed by atoms with Gasteiger partial charge in [0.1, 0.15) is 11.5 Å². The third kappa shape index (κ3) is 3.85. The summed E-state index contributed by atoms with van der Waals surface area (Å²) in [5.41, 5.74) is 7.99. The first-order chi connectivity index (χ1) is 13.3. The van der Waals surface area contributed by atoms with Crippen molar-refractivity contribution in [3.8, 4) is 22.6 Å². The Hall–Kier alpha value is -2.74. The Morgan fingerprint density at radius 1 is 0.630 bits per heavy atom. The van der Waals surface area contributed by atoms with Crippen molar-refractivity contribution in [3.63, 3.8) is 0 Å². The van der Waals surface area contributed by atoms with Crippen LogP contribution in [0.25, 0.3) is 11.1 Å². The normalized spacial score (nSPS) is 13.6. The van der Waals surface area contributed by atoms with Gasteiger partial charge < -0.3 is 9.47 Å². The molecule has 138 valence electrons. The first kappa shape index (κ1) is 17.7. The van der Waals surface area contributed by atoms with Crippen molar-refractivity contribution < 1.29 is 9.47 Å². The zero-order valence-corrected chi connectivity index (χ0v) is 16.1. The van der Waals surface area contributed by atoms with Crippen molar-refractivity contribution >= 4 is 0 Å². The topological polar surface area (TPSA) is 18.5 Å². The highest BCUT2D eigenvalue weighted by atomic mass is 16.5. The summed E-state index contributed by atoms with van der Waals surface area (Å²) in [7, 11) is 3.49. The molecular weight excluding hydrogens is 332 g/mol. The molecule has 0 aliphatic heterocycles. The molecular formula is C25H26O2. The van der Waals surface area contributed by atoms with E-state index in [1.165, 1.54) is 33.4 Å². The minimum absolute atomic E-state index is 0.890. The highest BCUT2D eigenvalue weighted by molar-refractivity contribution is 5.70. The maximum absolute atomic E-state index is 5.75. The molecule has 0 aromatic heterocycles. The van der Waals surface area contributed by atoms with Crippen LogP contribution in [0.2, 0.25) is 0 Å². The molecule has 0 spiro atoms. The van der Waals surface area contributed by atoms with Crippen molar-refractivity contribution in [2.75, 3.05) is 14.2 Å². The fourth-order valence-electron chi connectivity index (χ4n) is 3.93. The van der Waals surface area contributed by atoms with Gasteiger partial charge in [0, 0.05) is 0 Å². The van der Waals surface area contributed by atoms with Gasteiger partial charge in [-0.05, 0) is 89.8 Å². The van der Waals surface area contributed by atoms with E-state index in [1.54, 1.807) is 14.2 Å². The van der Waals surface area contributed by atoms with E-state index in [9.17, 15) is 0 Å². The molecule has 2 heteroatoms. The molecule has 2 nitrogen and oxygen atoms in total. The summed E-state index contributed by atoms with van der Waals surface area (Å²) in [6, 6.07) is 22.1. The molecule has 0 unspecified atom stereocenters. The predicted molar refractivity (Wildman–Crippen MR) is 111 cm³/mol. The van der Waals surface area contributed by atoms with Crippen LogP contribution in [0.4, 0.5) is 0 Å². The van der Waals surface area contributed by atoms with Crippen molar-refractivity contribution in [3.05, 3.63) is 82.9 Å². The molecule has 0 heterocycles. The van der Waals surface area contributed by atoms with Gasteiger partial charge in [0.2, 0.25) is 0 Å². The third-order valence-corrected chi connectivity index (χ3v) is 5.52. The Morgan fingerprint density at radius 2 is 1.33 bits per heavy atom. The largest absolute Gasteiger partial charge is 0.497 e. The Labute approximate surface area is 161 Å². The van der Waals surface area contributed by atoms with Gasteiger partial charge in [-0.25, -0.2) is 0 Å². The highest BCUT2D eigenvalue weighted by Crippen LogP contribution is 2.34. The molecule has 4 bridgehead atoms. The standard InChI is InChI=1S/C25H26O2/c1-26-23-14-12-20(13-15-23)24-16-22-11-10-19-8-6-18(7-9-19)4-3-5-21(24)17-25(22)27-2/h6-9,12-17H,3-5,10-11H2,1-2H3. The van der Waals surface area contributed by atoms with Crippen LogP contribution in [0.5, 0.6) is 11.5 Å². The van der Waals surface area contributed by atoms with Crippen molar-refractivity contribution in [2.45, 2.75) is 32.1 Å². The molecule has 0 N–H and O–H groups in total. The summed E-state index contributed by atoms with van der Waals surface area (Å²) >= 11 is 0. The van der Waals surface area contributed by atoms with Crippen molar-refractivity contribution in [2.24, 2.45) is 0 Å². The van der Waals surface area contributed by atoms with Crippen molar-refractivity contribution in [1.29, 1.82) is 0 Å². The molecule has 4 aliphatic rings. The van der Waals surface area contributed by atoms with E-state index < -0.39 is 0 Å². The number of aryl methyl sites for hydroxylation is 4. The molecule has 3 aromatic carbocycles. The fraction of sp³-hybridized carbons (Fsp3) is 0.280. The van der Waals surface area contributed by atoms with E-state index in [4.69, 9.17) is 9.47 Å². The molecule has 0 saturated carbocycles. The molecule has 27 heavy (non-hydrogen) atoms. The second kappa shape index (κ2) is 7.87. The Balaban J connectivity index is 1.78. The number of ether oxygens (including phenoxy) is 2. The molecule has 0 fully saturated rings. The van der Waals surface area contributed by atoms with Crippen LogP contribution in [0.3, 0.4) is 0 Å². The SMILES string of the molecule is COc1ccc(-c2cc3c(OC)cc2CCCc2ccc(cc2)CC3)cc1. The number of methoxy groups -OCH3 is 2. The predicted octanol–water partition coefficient (Wildman–Crippen LogP) is 5.64. The van der Waals surface area contributed by atoms with Crippen LogP contribution in [0.1, 0.15) is 28.7 Å². The Morgan fingerprint density at radius 3 is 2.00 bits per heavy atom. The van der Waals surface area contributed by atoms with E-state index in [2.05, 4.69) is 48.5 Å². The number of hydrogen-bond acceptors (Lipinski definition) is 2. The second-order valence-electron chi connectivity index (χ2n) is 7.22. The van der Waals surface area contributed by atoms with Crippen LogP contribution in [-0.2, 0) is 25.7 Å². The molecule has 4 aliphatic carbocycles. The summed E-state index contributed by atoms with van der Waals surface area (Å²) < 4.78 is 11.1. The lowest BCUT2D eigenvalue weighted by Gasteiger charge is -2.16. The van der Waals surface area contributed by atoms with Gasteiger partial charge in [-0.1, -0.05) is 36.4 Å². The Kier molecular flexibility index (Phi) is 5.15. The van der Waals surface area contributed by atoms with Crippen molar-refractivity contribution in [1.82, 2.24) is 0 Å². The van der Waals surface area contributed by atoms with E-state index in [1.807, 2.05) is 12.1 Å². The summed E-state index contributed by atoms with van der Waals surface area (Å²) in [4.78, 5) is 0. The first-order valence-electron chi connectivity index (χ1n) is 9.69. The summed E-state index contributed by atoms with van der Waals surface area (Å²) in [5.74, 6) is 1.90. The van der Waals surface area contributed by atoms with Crippen LogP contribution >= 0.6 is 0 Å². The summed E-state index contributed by atoms with van der Waals surface area (Å²) in [6.07, 6.45) is 5.28. The van der Waals surface area contributed by atoms with E-state index in [0.29, 0.717) is 0 Å². The molecule has 0 radical (unpaired) electrons. The van der Waals surface area contributed by atoms with Crippen LogP contribution in [-0.4, -0.2) is 14.2 Å². The molecule has 0 atom stereocenters. The summed E-state index contributed by atoms with van der Waals surface area (Å²) in [5, 5.41) is 0. The van der Waals surface area contributed by atoms with Gasteiger partial charge in [0.25, 0.3) is 0 Å². The first-order valence-corrected chi connectivity index (χ1v) is 9.69. The van der Waals surface area contributed by atoms with Crippen LogP contribution in [0, 0.1) is 0 Å². The third-order valence-electron chi connectivity index (χ3n) is 5.52. The maximum Gasteiger partial charge on any atom is 0.122 e. The lowest BCUT2D eigenvalue weighted by Crippen LogP contribution is -2.00. The lowest BCUT2D eigenvalue weighted by molar-refractivity contribution is 0.409. The van der Waals surface area contributed by atoms with Gasteiger partial charge in [-0.3, -0.25) is 0 Å². The zero-order valence-electron chi connectivity index (χ0n) is 16.1. The average Bonchev–Trinajstić information content (AvgIpc) is 2.77. The van der Waals surface area contributed by atoms with E-state index >= 15 is 0 Å². The molecule has 7 rings (SSSR count). The van der Waals surface area contributed by atoms with E-state index in [0.717, 1.165) is 43.6 Å². The minimum Gasteiger partial charge on any atom is -0.497 e. The number of rotatable bonds is 3. The Bertz CT molecular complexity index is 908. The molecule has 0 saturated heterocycles. The van der Waals surface area contributed by atoms with Crippen LogP contribution < -0.4 is 9.47 Å². The lowest BCUT2D eigenvalue weighted by atomic mass is 9.92. The molecule has 3 aromatic rings. The fourth-order valence-corrected chi connectivity index (χ4v) is 3.93. The number of hydrogen-bond donors (Lipinski definition) is 0. The molecule has 0 amide bonds. The smallest absolute Gasteiger partial charge is 0.122 e. The van der Waals surface area contributed by atoms with Gasteiger partial charge in [0.05, 0.1) is 14.2 Å². The monoisotopic (exact) mass is 358 g/mol. The zero-order chi connectivity index (χ0) is 18.6. The van der Waals surface area contributed by atoms with Gasteiger partial charge in [0.15, 0.2) is 0 Å². The van der Waals surface area contributed by atoms with E-state index in [-0.39, 0.29) is 0 Å². The average molecular weight is 358 g/mol. The maximum atomic E-state index is 5.75. The second-order valence-corrected chi connectivity index (χ2v) is 7.22. The quantitative estimate of drug-likeness (QED) is 0.603. The summed E-state index contributed by atoms with van der Waals surface area (Å²) in [6.45, 7) is 0. The minimum atomic E-state index is 0.890. The van der Waals surface area contributed by atoms with Crippen LogP contribution in [0.15, 0.2) is 60.7 Å². The number of benzene rings is 3.